The highest BCUT2D eigenvalue weighted by atomic mass is 16.5. The first-order valence-electron chi connectivity index (χ1n) is 13.8. The molecule has 4 heterocycles. The number of hydrogen-bond donors (Lipinski definition) is 2. The third-order valence-corrected chi connectivity index (χ3v) is 8.92. The molecule has 2 aliphatic heterocycles. The minimum Gasteiger partial charge on any atom is -0.494 e. The van der Waals surface area contributed by atoms with Crippen molar-refractivity contribution in [2.75, 3.05) is 6.61 Å². The molecule has 2 N–H and O–H groups in total. The summed E-state index contributed by atoms with van der Waals surface area (Å²) in [6.45, 7) is 2.34. The number of aromatic nitrogens is 1. The maximum atomic E-state index is 11.7. The summed E-state index contributed by atoms with van der Waals surface area (Å²) in [6.07, 6.45) is 1.93. The number of fused-ring (bicyclic) bond motifs is 9. The van der Waals surface area contributed by atoms with Gasteiger partial charge >= 0.3 is 0 Å². The summed E-state index contributed by atoms with van der Waals surface area (Å²) in [5, 5.41) is 36.4. The van der Waals surface area contributed by atoms with Crippen molar-refractivity contribution in [2.24, 2.45) is 0 Å². The van der Waals surface area contributed by atoms with Crippen molar-refractivity contribution in [1.82, 2.24) is 4.57 Å². The minimum atomic E-state index is -0.786. The number of nitrogens with zero attached hydrogens (tertiary/aromatic N) is 2. The van der Waals surface area contributed by atoms with Crippen molar-refractivity contribution in [1.29, 1.82) is 5.26 Å². The van der Waals surface area contributed by atoms with Crippen LogP contribution in [0.25, 0.3) is 38.4 Å². The van der Waals surface area contributed by atoms with E-state index in [0.29, 0.717) is 41.8 Å². The average molecular weight is 543 g/mol. The molecule has 2 bridgehead atoms. The Hall–Kier alpha value is -4.93. The molecule has 8 rings (SSSR count). The molecule has 2 aliphatic rings. The lowest BCUT2D eigenvalue weighted by molar-refractivity contribution is -0.0876. The molecule has 2 aromatic heterocycles. The van der Waals surface area contributed by atoms with Gasteiger partial charge in [-0.2, -0.15) is 5.26 Å². The van der Waals surface area contributed by atoms with Crippen LogP contribution in [-0.2, 0) is 15.9 Å². The molecule has 0 aliphatic carbocycles. The van der Waals surface area contributed by atoms with Crippen molar-refractivity contribution in [3.8, 4) is 29.3 Å². The first-order valence-corrected chi connectivity index (χ1v) is 13.8. The van der Waals surface area contributed by atoms with Gasteiger partial charge in [0.05, 0.1) is 40.7 Å². The Labute approximate surface area is 235 Å². The smallest absolute Gasteiger partial charge is 0.205 e. The summed E-state index contributed by atoms with van der Waals surface area (Å²) in [4.78, 5) is 0. The second-order valence-corrected chi connectivity index (χ2v) is 11.2. The van der Waals surface area contributed by atoms with Crippen LogP contribution >= 0.6 is 0 Å². The Kier molecular flexibility index (Phi) is 4.84. The van der Waals surface area contributed by atoms with Gasteiger partial charge in [-0.3, -0.25) is 4.57 Å². The van der Waals surface area contributed by atoms with Gasteiger partial charge in [0.1, 0.15) is 22.5 Å². The number of benzene rings is 4. The van der Waals surface area contributed by atoms with Crippen molar-refractivity contribution in [2.45, 2.75) is 37.4 Å². The summed E-state index contributed by atoms with van der Waals surface area (Å²) in [5.41, 5.74) is 2.53. The van der Waals surface area contributed by atoms with Gasteiger partial charge in [-0.1, -0.05) is 42.5 Å². The first kappa shape index (κ1) is 23.9. The zero-order chi connectivity index (χ0) is 27.9. The number of nitriles is 1. The van der Waals surface area contributed by atoms with Gasteiger partial charge in [-0.05, 0) is 56.2 Å². The maximum Gasteiger partial charge on any atom is 0.205 e. The first-order chi connectivity index (χ1) is 19.9. The Bertz CT molecular complexity index is 2080. The molecule has 4 aromatic carbocycles. The van der Waals surface area contributed by atoms with Crippen molar-refractivity contribution >= 4 is 32.7 Å². The Morgan fingerprint density at radius 1 is 0.854 bits per heavy atom. The molecule has 0 amide bonds. The average Bonchev–Trinajstić information content (AvgIpc) is 3.68. The predicted molar refractivity (Wildman–Crippen MR) is 155 cm³/mol. The fourth-order valence-corrected chi connectivity index (χ4v) is 7.04. The zero-order valence-electron chi connectivity index (χ0n) is 22.3. The number of aromatic hydroxyl groups is 2. The van der Waals surface area contributed by atoms with E-state index in [1.165, 1.54) is 4.57 Å². The Balaban J connectivity index is 1.15. The lowest BCUT2D eigenvalue weighted by Crippen LogP contribution is -2.25. The van der Waals surface area contributed by atoms with E-state index in [0.717, 1.165) is 44.9 Å². The summed E-state index contributed by atoms with van der Waals surface area (Å²) >= 11 is 0. The normalized spacial score (nSPS) is 21.1. The molecule has 2 atom stereocenters. The molecule has 6 aromatic rings. The number of hydrogen-bond acceptors (Lipinski definition) is 6. The monoisotopic (exact) mass is 542 g/mol. The summed E-state index contributed by atoms with van der Waals surface area (Å²) in [5.74, 6) is 0.657. The molecular weight excluding hydrogens is 516 g/mol. The van der Waals surface area contributed by atoms with Crippen LogP contribution < -0.4 is 4.74 Å². The van der Waals surface area contributed by atoms with Gasteiger partial charge in [-0.15, -0.1) is 0 Å². The van der Waals surface area contributed by atoms with Crippen LogP contribution in [0.2, 0.25) is 0 Å². The number of furan rings is 1. The summed E-state index contributed by atoms with van der Waals surface area (Å²) < 4.78 is 20.3. The van der Waals surface area contributed by atoms with Crippen LogP contribution in [-0.4, -0.2) is 21.4 Å². The molecule has 202 valence electrons. The molecule has 1 saturated heterocycles. The second kappa shape index (κ2) is 8.29. The van der Waals surface area contributed by atoms with E-state index < -0.39 is 11.2 Å². The second-order valence-electron chi connectivity index (χ2n) is 11.2. The van der Waals surface area contributed by atoms with Crippen LogP contribution in [0.5, 0.6) is 17.5 Å². The van der Waals surface area contributed by atoms with Gasteiger partial charge in [-0.25, -0.2) is 0 Å². The minimum absolute atomic E-state index is 0.0327. The van der Waals surface area contributed by atoms with Crippen LogP contribution in [0, 0.1) is 11.3 Å². The van der Waals surface area contributed by atoms with Crippen LogP contribution in [0.1, 0.15) is 42.9 Å². The van der Waals surface area contributed by atoms with Crippen molar-refractivity contribution in [3.63, 3.8) is 0 Å². The number of para-hydroxylation sites is 1. The van der Waals surface area contributed by atoms with E-state index >= 15 is 0 Å². The molecule has 7 heteroatoms. The summed E-state index contributed by atoms with van der Waals surface area (Å²) in [7, 11) is 0. The Morgan fingerprint density at radius 2 is 1.59 bits per heavy atom. The number of ether oxygens (including phenoxy) is 2. The molecule has 0 spiro atoms. The molecule has 1 fully saturated rings. The van der Waals surface area contributed by atoms with Crippen LogP contribution in [0.15, 0.2) is 83.3 Å². The van der Waals surface area contributed by atoms with E-state index in [2.05, 4.69) is 6.07 Å². The molecule has 0 saturated carbocycles. The lowest BCUT2D eigenvalue weighted by atomic mass is 9.78. The SMILES string of the molecule is C[C@]12CC[C@](CCOc3ccc4oc5ccccc5c4c3)(O1)c1c2c(O)n(-c2ccc(C#N)c3ccccc23)c1O. The molecule has 0 unspecified atom stereocenters. The van der Waals surface area contributed by atoms with E-state index in [1.807, 2.05) is 73.7 Å². The largest absolute Gasteiger partial charge is 0.494 e. The van der Waals surface area contributed by atoms with Gasteiger partial charge < -0.3 is 24.1 Å². The van der Waals surface area contributed by atoms with Gasteiger partial charge in [0, 0.05) is 28.0 Å². The quantitative estimate of drug-likeness (QED) is 0.234. The van der Waals surface area contributed by atoms with E-state index in [9.17, 15) is 15.5 Å². The molecular formula is C34H26N2O5. The Morgan fingerprint density at radius 3 is 2.41 bits per heavy atom. The molecule has 0 radical (unpaired) electrons. The fraction of sp³-hybridized carbons (Fsp3) is 0.206. The van der Waals surface area contributed by atoms with Crippen LogP contribution in [0.3, 0.4) is 0 Å². The van der Waals surface area contributed by atoms with Crippen molar-refractivity contribution in [3.05, 3.63) is 95.6 Å². The highest BCUT2D eigenvalue weighted by molar-refractivity contribution is 6.05. The molecule has 7 nitrogen and oxygen atoms in total. The summed E-state index contributed by atoms with van der Waals surface area (Å²) in [6, 6.07) is 27.0. The highest BCUT2D eigenvalue weighted by Gasteiger charge is 2.61. The van der Waals surface area contributed by atoms with Gasteiger partial charge in [0.15, 0.2) is 0 Å². The van der Waals surface area contributed by atoms with E-state index in [1.54, 1.807) is 12.1 Å². The number of rotatable bonds is 5. The van der Waals surface area contributed by atoms with E-state index in [4.69, 9.17) is 13.9 Å². The van der Waals surface area contributed by atoms with Gasteiger partial charge in [0.25, 0.3) is 0 Å². The maximum absolute atomic E-state index is 11.7. The van der Waals surface area contributed by atoms with E-state index in [-0.39, 0.29) is 11.8 Å². The molecule has 41 heavy (non-hydrogen) atoms. The standard InChI is InChI=1S/C34H26N2O5/c1-33-14-15-34(41-33,16-17-39-21-11-13-28-25(18-21)24-8-4-5-9-27(24)40-28)30-29(33)31(37)36(32(30)38)26-12-10-20(19-35)22-6-2-3-7-23(22)26/h2-13,18,37-38H,14-17H2,1H3/t33-,34-/m1/s1. The lowest BCUT2D eigenvalue weighted by Gasteiger charge is -2.26. The van der Waals surface area contributed by atoms with Crippen molar-refractivity contribution < 1.29 is 24.1 Å². The fourth-order valence-electron chi connectivity index (χ4n) is 7.04. The highest BCUT2D eigenvalue weighted by Crippen LogP contribution is 2.65. The van der Waals surface area contributed by atoms with Crippen LogP contribution in [0.4, 0.5) is 0 Å². The zero-order valence-corrected chi connectivity index (χ0v) is 22.3. The predicted octanol–water partition coefficient (Wildman–Crippen LogP) is 7.52. The van der Waals surface area contributed by atoms with Gasteiger partial charge in [0.2, 0.25) is 11.8 Å². The topological polar surface area (TPSA) is 101 Å². The third-order valence-electron chi connectivity index (χ3n) is 8.92. The third kappa shape index (κ3) is 3.22.